The number of fused-ring (bicyclic) bond motifs is 1. The zero-order valence-electron chi connectivity index (χ0n) is 11.6. The first-order valence-corrected chi connectivity index (χ1v) is 6.75. The van der Waals surface area contributed by atoms with Gasteiger partial charge >= 0.3 is 5.69 Å². The molecule has 0 bridgehead atoms. The number of rotatable bonds is 2. The summed E-state index contributed by atoms with van der Waals surface area (Å²) in [4.78, 5) is 29.4. The maximum absolute atomic E-state index is 11.6. The summed E-state index contributed by atoms with van der Waals surface area (Å²) in [6.07, 6.45) is 2.99. The number of ketones is 1. The lowest BCUT2D eigenvalue weighted by Crippen LogP contribution is -2.36. The number of aromatic nitrogens is 4. The predicted octanol–water partition coefficient (Wildman–Crippen LogP) is 0.674. The van der Waals surface area contributed by atoms with Crippen LogP contribution < -0.4 is 10.6 Å². The number of Topliss-reactive ketones (excluding diaryl/α,β-unsaturated/α-hetero) is 1. The normalized spacial score (nSPS) is 16.8. The third kappa shape index (κ3) is 2.09. The van der Waals surface area contributed by atoms with Gasteiger partial charge in [0.2, 0.25) is 0 Å². The number of H-pyrrole nitrogens is 1. The van der Waals surface area contributed by atoms with Crippen LogP contribution in [0.1, 0.15) is 31.5 Å². The maximum Gasteiger partial charge on any atom is 0.349 e. The average molecular weight is 275 g/mol. The number of aryl methyl sites for hydroxylation is 1. The molecular formula is C13H17N5O2. The molecule has 0 spiro atoms. The molecule has 20 heavy (non-hydrogen) atoms. The van der Waals surface area contributed by atoms with Crippen LogP contribution in [0.3, 0.4) is 0 Å². The molecule has 0 amide bonds. The van der Waals surface area contributed by atoms with Gasteiger partial charge in [0.25, 0.3) is 0 Å². The lowest BCUT2D eigenvalue weighted by Gasteiger charge is -2.31. The molecule has 1 aliphatic carbocycles. The van der Waals surface area contributed by atoms with Gasteiger partial charge in [-0.3, -0.25) is 4.79 Å². The second-order valence-corrected chi connectivity index (χ2v) is 5.26. The molecule has 2 heterocycles. The molecule has 0 atom stereocenters. The first-order valence-electron chi connectivity index (χ1n) is 6.75. The molecule has 0 saturated heterocycles. The minimum absolute atomic E-state index is 0.275. The Labute approximate surface area is 115 Å². The molecule has 3 rings (SSSR count). The predicted molar refractivity (Wildman–Crippen MR) is 74.0 cm³/mol. The monoisotopic (exact) mass is 275 g/mol. The highest BCUT2D eigenvalue weighted by atomic mass is 16.1. The second-order valence-electron chi connectivity index (χ2n) is 5.26. The Hall–Kier alpha value is -2.18. The summed E-state index contributed by atoms with van der Waals surface area (Å²) in [7, 11) is 1.98. The van der Waals surface area contributed by atoms with Gasteiger partial charge in [-0.1, -0.05) is 0 Å². The fourth-order valence-electron chi connectivity index (χ4n) is 2.76. The van der Waals surface area contributed by atoms with Gasteiger partial charge < -0.3 is 4.90 Å². The van der Waals surface area contributed by atoms with Crippen LogP contribution in [0.25, 0.3) is 5.65 Å². The second kappa shape index (κ2) is 4.73. The highest BCUT2D eigenvalue weighted by Gasteiger charge is 2.23. The molecule has 0 aliphatic heterocycles. The SMILES string of the molecule is Cc1nc(N(C)C2CCC(=O)CC2)cc2n[nH]c(=O)n12. The van der Waals surface area contributed by atoms with Crippen molar-refractivity contribution in [2.75, 3.05) is 11.9 Å². The molecule has 7 heteroatoms. The highest BCUT2D eigenvalue weighted by Crippen LogP contribution is 2.24. The summed E-state index contributed by atoms with van der Waals surface area (Å²) >= 11 is 0. The molecule has 2 aromatic rings. The number of nitrogens with zero attached hydrogens (tertiary/aromatic N) is 4. The lowest BCUT2D eigenvalue weighted by molar-refractivity contribution is -0.120. The Morgan fingerprint density at radius 2 is 2.05 bits per heavy atom. The van der Waals surface area contributed by atoms with Crippen molar-refractivity contribution in [3.63, 3.8) is 0 Å². The van der Waals surface area contributed by atoms with Crippen LogP contribution in [-0.4, -0.2) is 38.5 Å². The molecule has 0 aromatic carbocycles. The fourth-order valence-corrected chi connectivity index (χ4v) is 2.76. The van der Waals surface area contributed by atoms with E-state index < -0.39 is 0 Å². The molecule has 7 nitrogen and oxygen atoms in total. The largest absolute Gasteiger partial charge is 0.356 e. The number of carbonyl (C=O) groups excluding carboxylic acids is 1. The third-order valence-electron chi connectivity index (χ3n) is 3.98. The van der Waals surface area contributed by atoms with Crippen LogP contribution in [0.5, 0.6) is 0 Å². The van der Waals surface area contributed by atoms with E-state index in [1.54, 1.807) is 13.0 Å². The van der Waals surface area contributed by atoms with Gasteiger partial charge in [-0.2, -0.15) is 5.10 Å². The summed E-state index contributed by atoms with van der Waals surface area (Å²) in [6.45, 7) is 1.78. The standard InChI is InChI=1S/C13H17N5O2/c1-8-14-11(7-12-15-16-13(20)18(8)12)17(2)9-3-5-10(19)6-4-9/h7,9H,3-6H2,1-2H3,(H,16,20). The molecule has 1 saturated carbocycles. The van der Waals surface area contributed by atoms with Crippen molar-refractivity contribution in [3.8, 4) is 0 Å². The first-order chi connectivity index (χ1) is 9.56. The van der Waals surface area contributed by atoms with Crippen LogP contribution >= 0.6 is 0 Å². The molecule has 106 valence electrons. The van der Waals surface area contributed by atoms with Gasteiger partial charge in [0.05, 0.1) is 0 Å². The third-order valence-corrected chi connectivity index (χ3v) is 3.98. The minimum Gasteiger partial charge on any atom is -0.356 e. The Morgan fingerprint density at radius 1 is 1.35 bits per heavy atom. The van der Waals surface area contributed by atoms with Gasteiger partial charge in [0.1, 0.15) is 17.4 Å². The molecule has 0 unspecified atom stereocenters. The van der Waals surface area contributed by atoms with E-state index in [4.69, 9.17) is 0 Å². The van der Waals surface area contributed by atoms with Gasteiger partial charge in [-0.15, -0.1) is 0 Å². The number of aromatic amines is 1. The molecule has 1 aliphatic rings. The zero-order chi connectivity index (χ0) is 14.3. The summed E-state index contributed by atoms with van der Waals surface area (Å²) in [5, 5.41) is 6.41. The van der Waals surface area contributed by atoms with E-state index in [-0.39, 0.29) is 5.69 Å². The minimum atomic E-state index is -0.275. The summed E-state index contributed by atoms with van der Waals surface area (Å²) in [5.41, 5.74) is 0.290. The molecule has 2 aromatic heterocycles. The quantitative estimate of drug-likeness (QED) is 0.871. The first kappa shape index (κ1) is 12.8. The Bertz CT molecular complexity index is 707. The molecular weight excluding hydrogens is 258 g/mol. The Kier molecular flexibility index (Phi) is 3.04. The van der Waals surface area contributed by atoms with Gasteiger partial charge in [-0.05, 0) is 19.8 Å². The zero-order valence-corrected chi connectivity index (χ0v) is 11.6. The van der Waals surface area contributed by atoms with Crippen molar-refractivity contribution < 1.29 is 4.79 Å². The Morgan fingerprint density at radius 3 is 2.75 bits per heavy atom. The fraction of sp³-hybridized carbons (Fsp3) is 0.538. The van der Waals surface area contributed by atoms with Crippen LogP contribution in [0.4, 0.5) is 5.82 Å². The number of hydrogen-bond acceptors (Lipinski definition) is 5. The van der Waals surface area contributed by atoms with Crippen LogP contribution in [0.15, 0.2) is 10.9 Å². The van der Waals surface area contributed by atoms with Gasteiger partial charge in [0.15, 0.2) is 5.65 Å². The van der Waals surface area contributed by atoms with E-state index in [0.717, 1.165) is 18.7 Å². The number of anilines is 1. The number of hydrogen-bond donors (Lipinski definition) is 1. The van der Waals surface area contributed by atoms with Crippen molar-refractivity contribution in [2.24, 2.45) is 0 Å². The highest BCUT2D eigenvalue weighted by molar-refractivity contribution is 5.79. The number of nitrogens with one attached hydrogen (secondary N) is 1. The average Bonchev–Trinajstić information content (AvgIpc) is 2.81. The Balaban J connectivity index is 1.93. The summed E-state index contributed by atoms with van der Waals surface area (Å²) < 4.78 is 1.45. The van der Waals surface area contributed by atoms with Crippen molar-refractivity contribution in [1.29, 1.82) is 0 Å². The molecule has 1 fully saturated rings. The summed E-state index contributed by atoms with van der Waals surface area (Å²) in [6, 6.07) is 2.11. The summed E-state index contributed by atoms with van der Waals surface area (Å²) in [5.74, 6) is 1.73. The van der Waals surface area contributed by atoms with Crippen molar-refractivity contribution in [3.05, 3.63) is 22.4 Å². The van der Waals surface area contributed by atoms with Crippen LogP contribution in [0.2, 0.25) is 0 Å². The van der Waals surface area contributed by atoms with E-state index in [2.05, 4.69) is 20.1 Å². The van der Waals surface area contributed by atoms with E-state index in [1.165, 1.54) is 4.40 Å². The van der Waals surface area contributed by atoms with Crippen LogP contribution in [0, 0.1) is 6.92 Å². The topological polar surface area (TPSA) is 83.4 Å². The maximum atomic E-state index is 11.6. The van der Waals surface area contributed by atoms with E-state index >= 15 is 0 Å². The van der Waals surface area contributed by atoms with Crippen molar-refractivity contribution in [1.82, 2.24) is 19.6 Å². The van der Waals surface area contributed by atoms with Gasteiger partial charge in [0, 0.05) is 32.0 Å². The van der Waals surface area contributed by atoms with Crippen molar-refractivity contribution in [2.45, 2.75) is 38.6 Å². The van der Waals surface area contributed by atoms with E-state index in [9.17, 15) is 9.59 Å². The van der Waals surface area contributed by atoms with Crippen molar-refractivity contribution >= 4 is 17.2 Å². The smallest absolute Gasteiger partial charge is 0.349 e. The lowest BCUT2D eigenvalue weighted by atomic mass is 9.93. The molecule has 0 radical (unpaired) electrons. The number of carbonyl (C=O) groups is 1. The van der Waals surface area contributed by atoms with E-state index in [1.807, 2.05) is 7.05 Å². The van der Waals surface area contributed by atoms with E-state index in [0.29, 0.717) is 36.1 Å². The molecule has 1 N–H and O–H groups in total. The van der Waals surface area contributed by atoms with Crippen LogP contribution in [-0.2, 0) is 4.79 Å². The van der Waals surface area contributed by atoms with Gasteiger partial charge in [-0.25, -0.2) is 19.3 Å².